The van der Waals surface area contributed by atoms with Gasteiger partial charge in [-0.1, -0.05) is 6.92 Å². The van der Waals surface area contributed by atoms with Gasteiger partial charge in [-0.05, 0) is 25.3 Å². The van der Waals surface area contributed by atoms with E-state index in [1.165, 1.54) is 7.11 Å². The van der Waals surface area contributed by atoms with Crippen molar-refractivity contribution in [1.82, 2.24) is 0 Å². The monoisotopic (exact) mass is 262 g/mol. The molecule has 0 unspecified atom stereocenters. The molecule has 0 saturated heterocycles. The average Bonchev–Trinajstić information content (AvgIpc) is 2.65. The Labute approximate surface area is 128 Å². The molecule has 0 bridgehead atoms. The molecule has 94 valence electrons. The van der Waals surface area contributed by atoms with Crippen LogP contribution in [0.2, 0.25) is 0 Å². The number of methoxy groups -OCH3 is 1. The molecule has 0 heterocycles. The van der Waals surface area contributed by atoms with Gasteiger partial charge in [0.15, 0.2) is 0 Å². The molecule has 0 radical (unpaired) electrons. The molecule has 0 aromatic heterocycles. The van der Waals surface area contributed by atoms with E-state index in [0.29, 0.717) is 12.0 Å². The minimum absolute atomic E-state index is 0. The van der Waals surface area contributed by atoms with Crippen molar-refractivity contribution >= 4 is 11.9 Å². The van der Waals surface area contributed by atoms with Crippen molar-refractivity contribution in [1.29, 1.82) is 0 Å². The molecular weight excluding hydrogens is 247 g/mol. The summed E-state index contributed by atoms with van der Waals surface area (Å²) in [6.07, 6.45) is 0.344. The summed E-state index contributed by atoms with van der Waals surface area (Å²) in [4.78, 5) is 23.1. The first-order chi connectivity index (χ1) is 8.06. The van der Waals surface area contributed by atoms with Crippen LogP contribution in [0.1, 0.15) is 26.7 Å². The van der Waals surface area contributed by atoms with Gasteiger partial charge < -0.3 is 14.6 Å². The second kappa shape index (κ2) is 7.61. The Morgan fingerprint density at radius 1 is 1.28 bits per heavy atom. The van der Waals surface area contributed by atoms with E-state index in [9.17, 15) is 14.7 Å². The topological polar surface area (TPSA) is 75.7 Å². The molecule has 0 N–H and O–H groups in total. The van der Waals surface area contributed by atoms with Crippen molar-refractivity contribution in [3.05, 3.63) is 22.5 Å². The molecule has 0 aliphatic heterocycles. The Bertz CT molecular complexity index is 409. The van der Waals surface area contributed by atoms with Crippen LogP contribution in [-0.4, -0.2) is 25.7 Å². The molecule has 1 aliphatic rings. The summed E-state index contributed by atoms with van der Waals surface area (Å²) >= 11 is 0. The van der Waals surface area contributed by atoms with Gasteiger partial charge in [0.2, 0.25) is 0 Å². The van der Waals surface area contributed by atoms with Crippen LogP contribution >= 0.6 is 0 Å². The molecule has 0 atom stereocenters. The summed E-state index contributed by atoms with van der Waals surface area (Å²) in [5.74, 6) is -1.60. The maximum atomic E-state index is 11.7. The summed E-state index contributed by atoms with van der Waals surface area (Å²) < 4.78 is 9.40. The van der Waals surface area contributed by atoms with Crippen LogP contribution in [0.25, 0.3) is 0 Å². The first-order valence-electron chi connectivity index (χ1n) is 5.44. The summed E-state index contributed by atoms with van der Waals surface area (Å²) in [6.45, 7) is 3.70. The first-order valence-corrected chi connectivity index (χ1v) is 5.44. The number of carbonyl (C=O) groups excluding carboxylic acids is 2. The van der Waals surface area contributed by atoms with Gasteiger partial charge in [0, 0.05) is 5.57 Å². The fraction of sp³-hybridized carbons (Fsp3) is 0.500. The number of hydrogen-bond donors (Lipinski definition) is 0. The maximum absolute atomic E-state index is 11.7. The van der Waals surface area contributed by atoms with Crippen LogP contribution in [0.3, 0.4) is 0 Å². The molecular formula is C12H15NaO5. The van der Waals surface area contributed by atoms with Gasteiger partial charge in [-0.2, -0.15) is 0 Å². The minimum Gasteiger partial charge on any atom is -0.875 e. The van der Waals surface area contributed by atoms with Crippen LogP contribution < -0.4 is 34.7 Å². The van der Waals surface area contributed by atoms with E-state index in [4.69, 9.17) is 4.74 Å². The fourth-order valence-electron chi connectivity index (χ4n) is 1.82. The van der Waals surface area contributed by atoms with Crippen molar-refractivity contribution in [2.24, 2.45) is 0 Å². The Morgan fingerprint density at radius 2 is 1.89 bits per heavy atom. The number of hydrogen-bond acceptors (Lipinski definition) is 5. The number of carbonyl (C=O) groups is 2. The molecule has 0 aromatic rings. The van der Waals surface area contributed by atoms with Crippen molar-refractivity contribution in [2.45, 2.75) is 26.7 Å². The zero-order valence-corrected chi connectivity index (χ0v) is 13.2. The van der Waals surface area contributed by atoms with Gasteiger partial charge in [0.25, 0.3) is 0 Å². The van der Waals surface area contributed by atoms with Crippen molar-refractivity contribution < 1.29 is 53.7 Å². The van der Waals surface area contributed by atoms with Crippen molar-refractivity contribution in [3.8, 4) is 0 Å². The molecule has 0 aromatic carbocycles. The molecule has 0 amide bonds. The second-order valence-electron chi connectivity index (χ2n) is 3.50. The average molecular weight is 262 g/mol. The van der Waals surface area contributed by atoms with Crippen LogP contribution in [0.5, 0.6) is 0 Å². The van der Waals surface area contributed by atoms with Crippen molar-refractivity contribution in [3.63, 3.8) is 0 Å². The van der Waals surface area contributed by atoms with E-state index in [2.05, 4.69) is 4.74 Å². The Balaban J connectivity index is 0.00000289. The van der Waals surface area contributed by atoms with E-state index < -0.39 is 11.9 Å². The molecule has 1 aliphatic carbocycles. The van der Waals surface area contributed by atoms with Gasteiger partial charge in [0.05, 0.1) is 19.3 Å². The summed E-state index contributed by atoms with van der Waals surface area (Å²) in [6, 6.07) is 0. The van der Waals surface area contributed by atoms with Crippen molar-refractivity contribution in [2.75, 3.05) is 13.7 Å². The van der Waals surface area contributed by atoms with E-state index in [1.54, 1.807) is 13.8 Å². The zero-order chi connectivity index (χ0) is 13.0. The Morgan fingerprint density at radius 3 is 2.33 bits per heavy atom. The predicted octanol–water partition coefficient (Wildman–Crippen LogP) is -2.55. The smallest absolute Gasteiger partial charge is 0.875 e. The van der Waals surface area contributed by atoms with Gasteiger partial charge >= 0.3 is 41.5 Å². The number of rotatable bonds is 4. The zero-order valence-electron chi connectivity index (χ0n) is 11.2. The quantitative estimate of drug-likeness (QED) is 0.412. The standard InChI is InChI=1S/C12H16O5.Na/c1-4-7-8(11(14)17-5-2)6-9(13)10(7)12(15)16-3;/h13H,4-6H2,1-3H3;/q;+1/p-1. The molecule has 0 saturated carbocycles. The molecule has 18 heavy (non-hydrogen) atoms. The van der Waals surface area contributed by atoms with Gasteiger partial charge in [0.1, 0.15) is 0 Å². The largest absolute Gasteiger partial charge is 1.00 e. The normalized spacial score (nSPS) is 14.4. The summed E-state index contributed by atoms with van der Waals surface area (Å²) in [5, 5.41) is 11.7. The predicted molar refractivity (Wildman–Crippen MR) is 57.6 cm³/mol. The van der Waals surface area contributed by atoms with Crippen LogP contribution in [0, 0.1) is 0 Å². The third-order valence-corrected chi connectivity index (χ3v) is 2.55. The van der Waals surface area contributed by atoms with Crippen LogP contribution in [0.4, 0.5) is 0 Å². The molecule has 0 spiro atoms. The van der Waals surface area contributed by atoms with Crippen LogP contribution in [-0.2, 0) is 19.1 Å². The minimum atomic E-state index is -0.689. The fourth-order valence-corrected chi connectivity index (χ4v) is 1.82. The maximum Gasteiger partial charge on any atom is 1.00 e. The summed E-state index contributed by atoms with van der Waals surface area (Å²) in [7, 11) is 1.21. The van der Waals surface area contributed by atoms with E-state index in [0.717, 1.165) is 0 Å². The summed E-state index contributed by atoms with van der Waals surface area (Å²) in [5.41, 5.74) is 0.707. The van der Waals surface area contributed by atoms with Crippen LogP contribution in [0.15, 0.2) is 22.5 Å². The second-order valence-corrected chi connectivity index (χ2v) is 3.50. The van der Waals surface area contributed by atoms with E-state index in [-0.39, 0.29) is 59.5 Å². The number of allylic oxidation sites excluding steroid dienone is 1. The van der Waals surface area contributed by atoms with Gasteiger partial charge in [-0.25, -0.2) is 9.59 Å². The SMILES string of the molecule is CCOC(=O)C1=C(CC)C(C(=O)OC)=C([O-])C1.[Na+]. The number of ether oxygens (including phenoxy) is 2. The van der Waals surface area contributed by atoms with E-state index >= 15 is 0 Å². The number of esters is 2. The third-order valence-electron chi connectivity index (χ3n) is 2.55. The Hall–Kier alpha value is -0.780. The van der Waals surface area contributed by atoms with Gasteiger partial charge in [-0.15, -0.1) is 5.76 Å². The Kier molecular flexibility index (Phi) is 7.28. The first kappa shape index (κ1) is 17.2. The molecule has 1 rings (SSSR count). The molecule has 0 fully saturated rings. The molecule has 6 heteroatoms. The molecule has 5 nitrogen and oxygen atoms in total. The van der Waals surface area contributed by atoms with E-state index in [1.807, 2.05) is 0 Å². The third kappa shape index (κ3) is 3.37. The van der Waals surface area contributed by atoms with Gasteiger partial charge in [-0.3, -0.25) is 0 Å².